The summed E-state index contributed by atoms with van der Waals surface area (Å²) in [5, 5.41) is 22.9. The van der Waals surface area contributed by atoms with E-state index in [4.69, 9.17) is 18.9 Å². The van der Waals surface area contributed by atoms with E-state index < -0.39 is 82.5 Å². The molecule has 3 aliphatic carbocycles. The first-order chi connectivity index (χ1) is 19.2. The van der Waals surface area contributed by atoms with Gasteiger partial charge in [0.25, 0.3) is 0 Å². The van der Waals surface area contributed by atoms with E-state index in [1.54, 1.807) is 44.2 Å². The second kappa shape index (κ2) is 10.0. The Labute approximate surface area is 239 Å². The Morgan fingerprint density at radius 2 is 1.63 bits per heavy atom. The summed E-state index contributed by atoms with van der Waals surface area (Å²) in [6.45, 7) is 9.36. The van der Waals surface area contributed by atoms with Crippen molar-refractivity contribution >= 4 is 23.7 Å². The fraction of sp³-hybridized carbons (Fsp3) is 0.613. The van der Waals surface area contributed by atoms with Crippen LogP contribution in [0.4, 0.5) is 0 Å². The molecule has 41 heavy (non-hydrogen) atoms. The highest BCUT2D eigenvalue weighted by atomic mass is 16.6. The average molecular weight is 571 g/mol. The first-order valence-corrected chi connectivity index (χ1v) is 14.0. The molecule has 4 aliphatic rings. The smallest absolute Gasteiger partial charge is 0.338 e. The fourth-order valence-electron chi connectivity index (χ4n) is 7.98. The van der Waals surface area contributed by atoms with Gasteiger partial charge in [-0.25, -0.2) is 4.79 Å². The molecule has 2 bridgehead atoms. The van der Waals surface area contributed by atoms with Crippen molar-refractivity contribution < 1.29 is 48.3 Å². The van der Waals surface area contributed by atoms with Gasteiger partial charge >= 0.3 is 17.9 Å². The average Bonchev–Trinajstić information content (AvgIpc) is 2.89. The van der Waals surface area contributed by atoms with Gasteiger partial charge in [-0.05, 0) is 49.0 Å². The summed E-state index contributed by atoms with van der Waals surface area (Å²) in [5.41, 5.74) is -2.84. The molecule has 0 unspecified atom stereocenters. The second-order valence-electron chi connectivity index (χ2n) is 12.6. The first-order valence-electron chi connectivity index (χ1n) is 14.0. The SMILES string of the molecule is CC(=O)O[C@H]1C(=O)[C@]2(C)[C@H]([C@H](OC(=O)c3ccccc3)[C@@H]3C[C@H](O)C(C)=C1C3(C)C)[C@]1(OC(C)=O)CO[C@H]1C[C@@H]2O. The summed E-state index contributed by atoms with van der Waals surface area (Å²) in [5.74, 6) is -4.30. The Balaban J connectivity index is 1.79. The Kier molecular flexibility index (Phi) is 7.19. The lowest BCUT2D eigenvalue weighted by atomic mass is 9.46. The minimum Gasteiger partial charge on any atom is -0.458 e. The molecule has 5 rings (SSSR count). The molecule has 0 radical (unpaired) electrons. The highest BCUT2D eigenvalue weighted by Crippen LogP contribution is 2.63. The van der Waals surface area contributed by atoms with Crippen LogP contribution in [0.1, 0.15) is 64.7 Å². The van der Waals surface area contributed by atoms with Crippen LogP contribution < -0.4 is 0 Å². The number of carbonyl (C=O) groups excluding carboxylic acids is 4. The van der Waals surface area contributed by atoms with E-state index >= 15 is 0 Å². The standard InChI is InChI=1S/C31H38O10/c1-15-20(34)12-19-24(40-28(37)18-10-8-7-9-11-18)26-30(6,21(35)13-22-31(26,14-38-22)41-17(3)33)27(36)25(39-16(2)32)23(15)29(19,4)5/h7-11,19-22,24-26,34-35H,12-14H2,1-6H3/t19-,20-,21-,22-,24+,25+,26-,30-,31-/m0/s1. The number of hydrogen-bond donors (Lipinski definition) is 2. The van der Waals surface area contributed by atoms with Gasteiger partial charge in [0.05, 0.1) is 35.7 Å². The number of carbonyl (C=O) groups is 4. The quantitative estimate of drug-likeness (QED) is 0.315. The molecule has 10 nitrogen and oxygen atoms in total. The van der Waals surface area contributed by atoms with Gasteiger partial charge in [0.15, 0.2) is 17.5 Å². The topological polar surface area (TPSA) is 146 Å². The highest BCUT2D eigenvalue weighted by molar-refractivity contribution is 5.95. The molecule has 1 aromatic rings. The number of esters is 3. The zero-order chi connectivity index (χ0) is 30.1. The Morgan fingerprint density at radius 1 is 0.976 bits per heavy atom. The van der Waals surface area contributed by atoms with E-state index in [0.717, 1.165) is 0 Å². The first kappa shape index (κ1) is 29.4. The number of fused-ring (bicyclic) bond motifs is 5. The molecule has 0 spiro atoms. The van der Waals surface area contributed by atoms with Crippen molar-refractivity contribution in [3.63, 3.8) is 0 Å². The zero-order valence-corrected chi connectivity index (χ0v) is 24.2. The zero-order valence-electron chi connectivity index (χ0n) is 24.2. The van der Waals surface area contributed by atoms with Crippen LogP contribution in [-0.2, 0) is 33.3 Å². The number of ketones is 1. The molecule has 3 fully saturated rings. The van der Waals surface area contributed by atoms with Crippen molar-refractivity contribution in [2.45, 2.75) is 90.5 Å². The maximum absolute atomic E-state index is 14.8. The van der Waals surface area contributed by atoms with Crippen molar-refractivity contribution in [2.75, 3.05) is 6.61 Å². The molecule has 222 valence electrons. The third kappa shape index (κ3) is 4.33. The number of hydrogen-bond acceptors (Lipinski definition) is 10. The van der Waals surface area contributed by atoms with Crippen LogP contribution in [-0.4, -0.2) is 76.6 Å². The summed E-state index contributed by atoms with van der Waals surface area (Å²) < 4.78 is 23.8. The predicted octanol–water partition coefficient (Wildman–Crippen LogP) is 2.54. The number of aliphatic hydroxyl groups excluding tert-OH is 2. The maximum atomic E-state index is 14.8. The highest BCUT2D eigenvalue weighted by Gasteiger charge is 2.75. The number of Topliss-reactive ketones (excluding diaryl/α,β-unsaturated/α-hetero) is 1. The van der Waals surface area contributed by atoms with Crippen molar-refractivity contribution in [3.8, 4) is 0 Å². The largest absolute Gasteiger partial charge is 0.458 e. The lowest BCUT2D eigenvalue weighted by Crippen LogP contribution is -2.79. The van der Waals surface area contributed by atoms with E-state index in [9.17, 15) is 29.4 Å². The minimum atomic E-state index is -1.69. The summed E-state index contributed by atoms with van der Waals surface area (Å²) in [7, 11) is 0. The molecule has 10 heteroatoms. The van der Waals surface area contributed by atoms with E-state index in [1.165, 1.54) is 13.8 Å². The summed E-state index contributed by atoms with van der Waals surface area (Å²) >= 11 is 0. The lowest BCUT2D eigenvalue weighted by Gasteiger charge is -2.65. The summed E-state index contributed by atoms with van der Waals surface area (Å²) in [6, 6.07) is 8.38. The third-order valence-electron chi connectivity index (χ3n) is 10.0. The molecule has 1 aromatic carbocycles. The van der Waals surface area contributed by atoms with E-state index in [2.05, 4.69) is 0 Å². The van der Waals surface area contributed by atoms with Gasteiger partial charge in [-0.1, -0.05) is 32.0 Å². The van der Waals surface area contributed by atoms with Crippen LogP contribution in [0.2, 0.25) is 0 Å². The van der Waals surface area contributed by atoms with Gasteiger partial charge < -0.3 is 29.2 Å². The van der Waals surface area contributed by atoms with Gasteiger partial charge in [0.2, 0.25) is 0 Å². The molecule has 0 aromatic heterocycles. The Hall–Kier alpha value is -3.08. The molecule has 1 heterocycles. The Morgan fingerprint density at radius 3 is 2.20 bits per heavy atom. The summed E-state index contributed by atoms with van der Waals surface area (Å²) in [4.78, 5) is 53.4. The number of aliphatic hydroxyl groups is 2. The minimum absolute atomic E-state index is 0.0210. The van der Waals surface area contributed by atoms with Crippen molar-refractivity contribution in [1.82, 2.24) is 0 Å². The van der Waals surface area contributed by atoms with Crippen LogP contribution >= 0.6 is 0 Å². The van der Waals surface area contributed by atoms with Crippen molar-refractivity contribution in [1.29, 1.82) is 0 Å². The Bertz CT molecular complexity index is 1300. The molecular weight excluding hydrogens is 532 g/mol. The monoisotopic (exact) mass is 570 g/mol. The lowest BCUT2D eigenvalue weighted by molar-refractivity contribution is -0.335. The van der Waals surface area contributed by atoms with Crippen LogP contribution in [0.15, 0.2) is 41.5 Å². The molecule has 9 atom stereocenters. The second-order valence-corrected chi connectivity index (χ2v) is 12.6. The van der Waals surface area contributed by atoms with Crippen molar-refractivity contribution in [3.05, 3.63) is 47.0 Å². The maximum Gasteiger partial charge on any atom is 0.338 e. The van der Waals surface area contributed by atoms with E-state index in [-0.39, 0.29) is 25.0 Å². The molecule has 1 aliphatic heterocycles. The van der Waals surface area contributed by atoms with Crippen LogP contribution in [0.5, 0.6) is 0 Å². The third-order valence-corrected chi connectivity index (χ3v) is 10.0. The molecule has 1 saturated heterocycles. The van der Waals surface area contributed by atoms with Gasteiger partial charge in [0, 0.05) is 26.2 Å². The summed E-state index contributed by atoms with van der Waals surface area (Å²) in [6.07, 6.45) is -5.48. The fourth-order valence-corrected chi connectivity index (χ4v) is 7.98. The number of rotatable bonds is 4. The van der Waals surface area contributed by atoms with Crippen LogP contribution in [0.3, 0.4) is 0 Å². The molecular formula is C31H38O10. The number of ether oxygens (including phenoxy) is 4. The molecule has 0 amide bonds. The van der Waals surface area contributed by atoms with E-state index in [1.807, 2.05) is 13.8 Å². The van der Waals surface area contributed by atoms with Crippen LogP contribution in [0.25, 0.3) is 0 Å². The predicted molar refractivity (Wildman–Crippen MR) is 143 cm³/mol. The van der Waals surface area contributed by atoms with Gasteiger partial charge in [0.1, 0.15) is 12.2 Å². The van der Waals surface area contributed by atoms with Gasteiger partial charge in [-0.3, -0.25) is 14.4 Å². The van der Waals surface area contributed by atoms with Gasteiger partial charge in [-0.15, -0.1) is 0 Å². The molecule has 2 saturated carbocycles. The van der Waals surface area contributed by atoms with Gasteiger partial charge in [-0.2, -0.15) is 0 Å². The van der Waals surface area contributed by atoms with E-state index in [0.29, 0.717) is 11.1 Å². The number of benzene rings is 1. The molecule has 2 N–H and O–H groups in total. The van der Waals surface area contributed by atoms with Crippen molar-refractivity contribution in [2.24, 2.45) is 22.7 Å². The normalized spacial score (nSPS) is 39.2. The van der Waals surface area contributed by atoms with Crippen LogP contribution in [0, 0.1) is 22.7 Å².